The second-order valence-corrected chi connectivity index (χ2v) is 6.35. The highest BCUT2D eigenvalue weighted by Crippen LogP contribution is 2.39. The molecule has 20 heavy (non-hydrogen) atoms. The molecule has 0 N–H and O–H groups in total. The maximum atomic E-state index is 13.3. The molecule has 1 aliphatic heterocycles. The summed E-state index contributed by atoms with van der Waals surface area (Å²) in [5, 5.41) is -3.13. The lowest BCUT2D eigenvalue weighted by Gasteiger charge is -2.19. The standard InChI is InChI=1S/C9H5Cl2F3N2O3S/c10-5-7(6(11)9(13)15-8(5)12)16-2-3(1-4(16)17)20(14,18)19/h3H,1-2H2. The van der Waals surface area contributed by atoms with Crippen LogP contribution in [0.3, 0.4) is 0 Å². The van der Waals surface area contributed by atoms with Gasteiger partial charge in [-0.3, -0.25) is 4.79 Å². The summed E-state index contributed by atoms with van der Waals surface area (Å²) in [6.45, 7) is -0.639. The van der Waals surface area contributed by atoms with Gasteiger partial charge in [0.25, 0.3) is 0 Å². The molecule has 1 aliphatic rings. The SMILES string of the molecule is O=C1CC(S(=O)(=O)F)CN1c1c(Cl)c(F)nc(F)c1Cl. The van der Waals surface area contributed by atoms with Crippen LogP contribution in [0.5, 0.6) is 0 Å². The van der Waals surface area contributed by atoms with Crippen molar-refractivity contribution in [2.75, 3.05) is 11.4 Å². The van der Waals surface area contributed by atoms with Gasteiger partial charge in [-0.05, 0) is 0 Å². The van der Waals surface area contributed by atoms with Gasteiger partial charge in [0.2, 0.25) is 17.8 Å². The van der Waals surface area contributed by atoms with Crippen molar-refractivity contribution in [1.82, 2.24) is 4.98 Å². The number of halogens is 5. The third-order valence-electron chi connectivity index (χ3n) is 2.73. The van der Waals surface area contributed by atoms with Crippen LogP contribution < -0.4 is 4.90 Å². The van der Waals surface area contributed by atoms with Crippen molar-refractivity contribution in [2.24, 2.45) is 0 Å². The molecule has 0 aromatic carbocycles. The molecule has 110 valence electrons. The first kappa shape index (κ1) is 15.3. The van der Waals surface area contributed by atoms with Gasteiger partial charge in [0.1, 0.15) is 15.3 Å². The summed E-state index contributed by atoms with van der Waals surface area (Å²) in [6.07, 6.45) is -0.670. The van der Waals surface area contributed by atoms with E-state index in [0.717, 1.165) is 0 Å². The molecule has 5 nitrogen and oxygen atoms in total. The Morgan fingerprint density at radius 3 is 2.10 bits per heavy atom. The summed E-state index contributed by atoms with van der Waals surface area (Å²) in [6, 6.07) is 0. The lowest BCUT2D eigenvalue weighted by atomic mass is 10.3. The first-order chi connectivity index (χ1) is 9.12. The number of nitrogens with zero attached hydrogens (tertiary/aromatic N) is 2. The molecule has 1 unspecified atom stereocenters. The van der Waals surface area contributed by atoms with Gasteiger partial charge in [0.15, 0.2) is 0 Å². The van der Waals surface area contributed by atoms with E-state index in [4.69, 9.17) is 23.2 Å². The van der Waals surface area contributed by atoms with E-state index in [1.807, 2.05) is 0 Å². The van der Waals surface area contributed by atoms with Gasteiger partial charge >= 0.3 is 10.2 Å². The number of rotatable bonds is 2. The zero-order valence-electron chi connectivity index (χ0n) is 9.41. The number of amides is 1. The van der Waals surface area contributed by atoms with E-state index in [2.05, 4.69) is 4.98 Å². The van der Waals surface area contributed by atoms with Gasteiger partial charge in [-0.15, -0.1) is 3.89 Å². The van der Waals surface area contributed by atoms with Crippen LogP contribution in [0.4, 0.5) is 18.4 Å². The quantitative estimate of drug-likeness (QED) is 0.606. The van der Waals surface area contributed by atoms with Crippen molar-refractivity contribution < 1.29 is 25.9 Å². The summed E-state index contributed by atoms with van der Waals surface area (Å²) in [4.78, 5) is 15.1. The van der Waals surface area contributed by atoms with Crippen LogP contribution in [0.2, 0.25) is 10.0 Å². The van der Waals surface area contributed by atoms with E-state index < -0.39 is 62.0 Å². The molecule has 0 aliphatic carbocycles. The van der Waals surface area contributed by atoms with Gasteiger partial charge in [0, 0.05) is 13.0 Å². The van der Waals surface area contributed by atoms with E-state index in [-0.39, 0.29) is 0 Å². The minimum Gasteiger partial charge on any atom is -0.308 e. The lowest BCUT2D eigenvalue weighted by molar-refractivity contribution is -0.117. The van der Waals surface area contributed by atoms with Gasteiger partial charge in [-0.2, -0.15) is 22.2 Å². The molecule has 11 heteroatoms. The fraction of sp³-hybridized carbons (Fsp3) is 0.333. The minimum atomic E-state index is -4.97. The van der Waals surface area contributed by atoms with Crippen molar-refractivity contribution >= 4 is 45.0 Å². The normalized spacial score (nSPS) is 19.8. The van der Waals surface area contributed by atoms with Crippen LogP contribution in [0.1, 0.15) is 6.42 Å². The maximum absolute atomic E-state index is 13.3. The average Bonchev–Trinajstić information content (AvgIpc) is 2.69. The molecule has 1 fully saturated rings. The van der Waals surface area contributed by atoms with Crippen molar-refractivity contribution in [3.05, 3.63) is 21.9 Å². The Morgan fingerprint density at radius 1 is 1.20 bits per heavy atom. The number of hydrogen-bond acceptors (Lipinski definition) is 4. The monoisotopic (exact) mass is 348 g/mol. The molecular weight excluding hydrogens is 344 g/mol. The molecule has 2 rings (SSSR count). The van der Waals surface area contributed by atoms with E-state index >= 15 is 0 Å². The topological polar surface area (TPSA) is 67.3 Å². The Kier molecular flexibility index (Phi) is 3.87. The van der Waals surface area contributed by atoms with E-state index in [0.29, 0.717) is 4.90 Å². The van der Waals surface area contributed by atoms with Gasteiger partial charge in [-0.25, -0.2) is 0 Å². The first-order valence-electron chi connectivity index (χ1n) is 5.06. The van der Waals surface area contributed by atoms with Crippen LogP contribution in [0.25, 0.3) is 0 Å². The third-order valence-corrected chi connectivity index (χ3v) is 4.51. The summed E-state index contributed by atoms with van der Waals surface area (Å²) in [5.74, 6) is -3.70. The Bertz CT molecular complexity index is 672. The molecule has 1 atom stereocenters. The second kappa shape index (κ2) is 5.05. The minimum absolute atomic E-state index is 0.561. The second-order valence-electron chi connectivity index (χ2n) is 3.98. The van der Waals surface area contributed by atoms with Crippen LogP contribution in [0.15, 0.2) is 0 Å². The smallest absolute Gasteiger partial charge is 0.307 e. The van der Waals surface area contributed by atoms with Gasteiger partial charge < -0.3 is 4.90 Å². The zero-order chi connectivity index (χ0) is 15.2. The van der Waals surface area contributed by atoms with Crippen LogP contribution in [0, 0.1) is 11.9 Å². The van der Waals surface area contributed by atoms with E-state index in [1.165, 1.54) is 0 Å². The molecular formula is C9H5Cl2F3N2O3S. The van der Waals surface area contributed by atoms with E-state index in [1.54, 1.807) is 0 Å². The molecule has 0 radical (unpaired) electrons. The molecule has 1 saturated heterocycles. The van der Waals surface area contributed by atoms with Gasteiger partial charge in [0.05, 0.1) is 5.69 Å². The molecule has 1 aromatic rings. The van der Waals surface area contributed by atoms with Crippen LogP contribution in [-0.4, -0.2) is 31.1 Å². The molecule has 0 bridgehead atoms. The Labute approximate surface area is 121 Å². The molecule has 1 aromatic heterocycles. The van der Waals surface area contributed by atoms with Crippen molar-refractivity contribution in [1.29, 1.82) is 0 Å². The third kappa shape index (κ3) is 2.57. The first-order valence-corrected chi connectivity index (χ1v) is 7.27. The summed E-state index contributed by atoms with van der Waals surface area (Å²) >= 11 is 11.1. The predicted octanol–water partition coefficient (Wildman–Crippen LogP) is 2.07. The highest BCUT2D eigenvalue weighted by molar-refractivity contribution is 7.87. The molecule has 0 saturated carbocycles. The Hall–Kier alpha value is -1.06. The summed E-state index contributed by atoms with van der Waals surface area (Å²) in [5.41, 5.74) is -0.561. The fourth-order valence-electron chi connectivity index (χ4n) is 1.79. The Morgan fingerprint density at radius 2 is 1.70 bits per heavy atom. The lowest BCUT2D eigenvalue weighted by Crippen LogP contribution is -2.28. The molecule has 0 spiro atoms. The predicted molar refractivity (Wildman–Crippen MR) is 65.0 cm³/mol. The largest absolute Gasteiger partial charge is 0.308 e. The van der Waals surface area contributed by atoms with Crippen molar-refractivity contribution in [2.45, 2.75) is 11.7 Å². The number of anilines is 1. The van der Waals surface area contributed by atoms with Gasteiger partial charge in [-0.1, -0.05) is 23.2 Å². The highest BCUT2D eigenvalue weighted by Gasteiger charge is 2.41. The van der Waals surface area contributed by atoms with Crippen molar-refractivity contribution in [3.8, 4) is 0 Å². The number of hydrogen-bond donors (Lipinski definition) is 0. The number of carbonyl (C=O) groups is 1. The molecule has 1 amide bonds. The summed E-state index contributed by atoms with van der Waals surface area (Å²) in [7, 11) is -4.97. The maximum Gasteiger partial charge on any atom is 0.307 e. The number of carbonyl (C=O) groups excluding carboxylic acids is 1. The number of pyridine rings is 1. The number of aromatic nitrogens is 1. The summed E-state index contributed by atoms with van der Waals surface area (Å²) < 4.78 is 61.0. The van der Waals surface area contributed by atoms with Crippen LogP contribution >= 0.6 is 23.2 Å². The fourth-order valence-corrected chi connectivity index (χ4v) is 2.99. The van der Waals surface area contributed by atoms with E-state index in [9.17, 15) is 25.9 Å². The zero-order valence-corrected chi connectivity index (χ0v) is 11.7. The molecule has 2 heterocycles. The highest BCUT2D eigenvalue weighted by atomic mass is 35.5. The Balaban J connectivity index is 2.51. The average molecular weight is 349 g/mol. The van der Waals surface area contributed by atoms with Crippen LogP contribution in [-0.2, 0) is 15.0 Å². The van der Waals surface area contributed by atoms with Crippen molar-refractivity contribution in [3.63, 3.8) is 0 Å².